The van der Waals surface area contributed by atoms with Crippen LogP contribution in [0.15, 0.2) is 54.9 Å². The maximum atomic E-state index is 12.0. The second kappa shape index (κ2) is 9.33. The first-order valence-electron chi connectivity index (χ1n) is 9.17. The lowest BCUT2D eigenvalue weighted by atomic mass is 10.1. The van der Waals surface area contributed by atoms with Crippen LogP contribution in [0.2, 0.25) is 0 Å². The predicted molar refractivity (Wildman–Crippen MR) is 107 cm³/mol. The van der Waals surface area contributed by atoms with Crippen LogP contribution in [0.1, 0.15) is 29.7 Å². The molecule has 2 heterocycles. The molecule has 0 aliphatic rings. The number of carbonyl (C=O) groups excluding carboxylic acids is 1. The van der Waals surface area contributed by atoms with Crippen LogP contribution in [0.4, 0.5) is 5.82 Å². The van der Waals surface area contributed by atoms with E-state index in [1.54, 1.807) is 17.1 Å². The molecule has 1 amide bonds. The molecule has 0 saturated heterocycles. The molecule has 0 fully saturated rings. The summed E-state index contributed by atoms with van der Waals surface area (Å²) in [5.41, 5.74) is 8.99. The maximum Gasteiger partial charge on any atom is 0.220 e. The zero-order chi connectivity index (χ0) is 19.8. The third-order valence-corrected chi connectivity index (χ3v) is 4.38. The van der Waals surface area contributed by atoms with E-state index in [1.165, 1.54) is 0 Å². The Morgan fingerprint density at radius 1 is 1.18 bits per heavy atom. The Hall–Kier alpha value is -3.66. The molecule has 0 aliphatic heterocycles. The Morgan fingerprint density at radius 3 is 2.71 bits per heavy atom. The fourth-order valence-corrected chi connectivity index (χ4v) is 2.92. The molecule has 0 bridgehead atoms. The van der Waals surface area contributed by atoms with Crippen LogP contribution in [0.25, 0.3) is 5.69 Å². The summed E-state index contributed by atoms with van der Waals surface area (Å²) < 4.78 is 1.58. The number of para-hydroxylation sites is 1. The van der Waals surface area contributed by atoms with Crippen LogP contribution in [-0.4, -0.2) is 27.2 Å². The summed E-state index contributed by atoms with van der Waals surface area (Å²) in [6.45, 7) is 0.523. The number of hydrogen-bond donors (Lipinski definition) is 2. The van der Waals surface area contributed by atoms with Gasteiger partial charge >= 0.3 is 0 Å². The van der Waals surface area contributed by atoms with Crippen molar-refractivity contribution in [1.82, 2.24) is 20.1 Å². The van der Waals surface area contributed by atoms with Crippen LogP contribution >= 0.6 is 0 Å². The molecule has 0 radical (unpaired) electrons. The van der Waals surface area contributed by atoms with Gasteiger partial charge in [-0.05, 0) is 43.0 Å². The third-order valence-electron chi connectivity index (χ3n) is 4.38. The highest BCUT2D eigenvalue weighted by Crippen LogP contribution is 2.21. The van der Waals surface area contributed by atoms with Gasteiger partial charge < -0.3 is 11.1 Å². The number of nitrogen functional groups attached to an aromatic ring is 1. The van der Waals surface area contributed by atoms with Crippen molar-refractivity contribution in [3.05, 3.63) is 71.7 Å². The first-order chi connectivity index (χ1) is 13.7. The Balaban J connectivity index is 1.51. The number of anilines is 1. The van der Waals surface area contributed by atoms with E-state index in [0.29, 0.717) is 49.3 Å². The van der Waals surface area contributed by atoms with Crippen LogP contribution in [0.3, 0.4) is 0 Å². The van der Waals surface area contributed by atoms with E-state index in [1.807, 2.05) is 42.5 Å². The number of aryl methyl sites for hydroxylation is 2. The van der Waals surface area contributed by atoms with Gasteiger partial charge in [0.15, 0.2) is 0 Å². The van der Waals surface area contributed by atoms with Crippen molar-refractivity contribution in [2.24, 2.45) is 0 Å². The van der Waals surface area contributed by atoms with Gasteiger partial charge in [0.05, 0.1) is 11.4 Å². The van der Waals surface area contributed by atoms with Crippen molar-refractivity contribution < 1.29 is 4.79 Å². The SMILES string of the molecule is N#Cc1c(CCCNC(=O)CCc2cccnc2)nn(-c2ccccc2)c1N. The molecule has 0 atom stereocenters. The van der Waals surface area contributed by atoms with Gasteiger partial charge in [-0.1, -0.05) is 24.3 Å². The monoisotopic (exact) mass is 374 g/mol. The van der Waals surface area contributed by atoms with E-state index in [0.717, 1.165) is 11.3 Å². The fourth-order valence-electron chi connectivity index (χ4n) is 2.92. The van der Waals surface area contributed by atoms with Gasteiger partial charge in [-0.25, -0.2) is 4.68 Å². The van der Waals surface area contributed by atoms with E-state index >= 15 is 0 Å². The van der Waals surface area contributed by atoms with E-state index in [-0.39, 0.29) is 5.91 Å². The number of nitrogens with zero attached hydrogens (tertiary/aromatic N) is 4. The zero-order valence-electron chi connectivity index (χ0n) is 15.5. The molecule has 2 aromatic heterocycles. The van der Waals surface area contributed by atoms with Gasteiger partial charge in [0, 0.05) is 25.4 Å². The molecule has 28 heavy (non-hydrogen) atoms. The number of amides is 1. The average Bonchev–Trinajstić information content (AvgIpc) is 3.06. The molecule has 3 N–H and O–H groups in total. The van der Waals surface area contributed by atoms with Gasteiger partial charge in [-0.3, -0.25) is 9.78 Å². The number of nitrogens with one attached hydrogen (secondary N) is 1. The van der Waals surface area contributed by atoms with Crippen molar-refractivity contribution in [1.29, 1.82) is 5.26 Å². The van der Waals surface area contributed by atoms with Crippen molar-refractivity contribution in [3.63, 3.8) is 0 Å². The normalized spacial score (nSPS) is 10.4. The molecule has 7 heteroatoms. The highest BCUT2D eigenvalue weighted by Gasteiger charge is 2.16. The van der Waals surface area contributed by atoms with Crippen LogP contribution in [-0.2, 0) is 17.6 Å². The van der Waals surface area contributed by atoms with E-state index in [9.17, 15) is 10.1 Å². The molecular weight excluding hydrogens is 352 g/mol. The zero-order valence-corrected chi connectivity index (χ0v) is 15.5. The summed E-state index contributed by atoms with van der Waals surface area (Å²) in [5.74, 6) is 0.336. The number of nitriles is 1. The second-order valence-electron chi connectivity index (χ2n) is 6.38. The van der Waals surface area contributed by atoms with Crippen molar-refractivity contribution in [2.75, 3.05) is 12.3 Å². The molecule has 0 spiro atoms. The lowest BCUT2D eigenvalue weighted by Crippen LogP contribution is -2.25. The smallest absolute Gasteiger partial charge is 0.220 e. The molecule has 7 nitrogen and oxygen atoms in total. The maximum absolute atomic E-state index is 12.0. The van der Waals surface area contributed by atoms with Crippen LogP contribution in [0.5, 0.6) is 0 Å². The predicted octanol–water partition coefficient (Wildman–Crippen LogP) is 2.40. The van der Waals surface area contributed by atoms with E-state index < -0.39 is 0 Å². The van der Waals surface area contributed by atoms with Crippen molar-refractivity contribution in [3.8, 4) is 11.8 Å². The Kier molecular flexibility index (Phi) is 6.37. The second-order valence-corrected chi connectivity index (χ2v) is 6.38. The summed E-state index contributed by atoms with van der Waals surface area (Å²) in [4.78, 5) is 16.0. The molecule has 0 aliphatic carbocycles. The quantitative estimate of drug-likeness (QED) is 0.588. The largest absolute Gasteiger partial charge is 0.382 e. The average molecular weight is 374 g/mol. The standard InChI is InChI=1S/C21H22N6O/c22-14-18-19(26-27(21(18)23)17-7-2-1-3-8-17)9-5-13-25-20(28)11-10-16-6-4-12-24-15-16/h1-4,6-8,12,15H,5,9-11,13,23H2,(H,25,28). The Bertz CT molecular complexity index is 960. The minimum Gasteiger partial charge on any atom is -0.382 e. The Labute approximate surface area is 163 Å². The summed E-state index contributed by atoms with van der Waals surface area (Å²) in [6.07, 6.45) is 5.81. The van der Waals surface area contributed by atoms with E-state index in [2.05, 4.69) is 21.5 Å². The molecule has 3 rings (SSSR count). The number of aromatic nitrogens is 3. The van der Waals surface area contributed by atoms with Gasteiger partial charge in [0.25, 0.3) is 0 Å². The lowest BCUT2D eigenvalue weighted by Gasteiger charge is -2.05. The highest BCUT2D eigenvalue weighted by atomic mass is 16.1. The fraction of sp³-hybridized carbons (Fsp3) is 0.238. The number of nitrogens with two attached hydrogens (primary N) is 1. The lowest BCUT2D eigenvalue weighted by molar-refractivity contribution is -0.121. The third kappa shape index (κ3) is 4.74. The minimum absolute atomic E-state index is 0.00121. The molecule has 0 unspecified atom stereocenters. The minimum atomic E-state index is -0.00121. The number of hydrogen-bond acceptors (Lipinski definition) is 5. The summed E-state index contributed by atoms with van der Waals surface area (Å²) in [5, 5.41) is 16.8. The van der Waals surface area contributed by atoms with Gasteiger partial charge in [-0.2, -0.15) is 10.4 Å². The van der Waals surface area contributed by atoms with Gasteiger partial charge in [0.2, 0.25) is 5.91 Å². The highest BCUT2D eigenvalue weighted by molar-refractivity contribution is 5.76. The number of rotatable bonds is 8. The van der Waals surface area contributed by atoms with Crippen LogP contribution in [0, 0.1) is 11.3 Å². The van der Waals surface area contributed by atoms with Crippen LogP contribution < -0.4 is 11.1 Å². The first-order valence-corrected chi connectivity index (χ1v) is 9.17. The number of pyridine rings is 1. The summed E-state index contributed by atoms with van der Waals surface area (Å²) >= 11 is 0. The Morgan fingerprint density at radius 2 is 2.00 bits per heavy atom. The summed E-state index contributed by atoms with van der Waals surface area (Å²) in [6, 6.07) is 15.4. The summed E-state index contributed by atoms with van der Waals surface area (Å²) in [7, 11) is 0. The molecule has 1 aromatic carbocycles. The number of carbonyl (C=O) groups is 1. The number of benzene rings is 1. The molecule has 142 valence electrons. The first kappa shape index (κ1) is 19.1. The van der Waals surface area contributed by atoms with Crippen molar-refractivity contribution in [2.45, 2.75) is 25.7 Å². The van der Waals surface area contributed by atoms with E-state index in [4.69, 9.17) is 5.73 Å². The van der Waals surface area contributed by atoms with Crippen molar-refractivity contribution >= 4 is 11.7 Å². The van der Waals surface area contributed by atoms with Gasteiger partial charge in [0.1, 0.15) is 17.5 Å². The molecule has 3 aromatic rings. The molecular formula is C21H22N6O. The molecule has 0 saturated carbocycles. The van der Waals surface area contributed by atoms with Gasteiger partial charge in [-0.15, -0.1) is 0 Å². The topological polar surface area (TPSA) is 110 Å².